The zero-order valence-corrected chi connectivity index (χ0v) is 22.5. The average Bonchev–Trinajstić information content (AvgIpc) is 3.62. The first-order valence-corrected chi connectivity index (χ1v) is 13.3. The van der Waals surface area contributed by atoms with Gasteiger partial charge in [0, 0.05) is 43.5 Å². The molecule has 0 saturated carbocycles. The second-order valence-corrected chi connectivity index (χ2v) is 10.7. The van der Waals surface area contributed by atoms with E-state index >= 15 is 0 Å². The number of carbonyl (C=O) groups is 3. The number of aromatic nitrogens is 2. The van der Waals surface area contributed by atoms with Crippen LogP contribution < -0.4 is 5.32 Å². The van der Waals surface area contributed by atoms with Crippen LogP contribution in [0.3, 0.4) is 0 Å². The third-order valence-electron chi connectivity index (χ3n) is 7.83. The number of hydrogen-bond donors (Lipinski definition) is 1. The SMILES string of the molecule is Cc1c(-c2ccc(CNC(=O)[C@@H]3CCCN3C(=O)[C@H](C(C)C)N3Cc4ccccc4C3=O)cc2)ncn1C. The Kier molecular flexibility index (Phi) is 7.06. The number of likely N-dealkylation sites (tertiary alicyclic amines) is 1. The Morgan fingerprint density at radius 3 is 2.50 bits per heavy atom. The van der Waals surface area contributed by atoms with Gasteiger partial charge in [-0.25, -0.2) is 4.98 Å². The number of benzene rings is 2. The molecule has 0 radical (unpaired) electrons. The Hall–Kier alpha value is -3.94. The quantitative estimate of drug-likeness (QED) is 0.522. The summed E-state index contributed by atoms with van der Waals surface area (Å²) in [5.41, 5.74) is 5.65. The van der Waals surface area contributed by atoms with Gasteiger partial charge in [0.1, 0.15) is 12.1 Å². The van der Waals surface area contributed by atoms with E-state index < -0.39 is 12.1 Å². The molecular weight excluding hydrogens is 478 g/mol. The van der Waals surface area contributed by atoms with Gasteiger partial charge in [-0.1, -0.05) is 56.3 Å². The highest BCUT2D eigenvalue weighted by molar-refractivity contribution is 6.01. The lowest BCUT2D eigenvalue weighted by Crippen LogP contribution is -2.55. The van der Waals surface area contributed by atoms with Crippen LogP contribution in [0.1, 0.15) is 53.9 Å². The molecule has 1 aromatic heterocycles. The first-order valence-electron chi connectivity index (χ1n) is 13.3. The molecule has 0 spiro atoms. The molecule has 1 N–H and O–H groups in total. The molecule has 1 fully saturated rings. The summed E-state index contributed by atoms with van der Waals surface area (Å²) in [5.74, 6) is -0.489. The van der Waals surface area contributed by atoms with Crippen LogP contribution in [0.25, 0.3) is 11.3 Å². The summed E-state index contributed by atoms with van der Waals surface area (Å²) in [7, 11) is 1.97. The molecule has 0 unspecified atom stereocenters. The molecule has 1 saturated heterocycles. The monoisotopic (exact) mass is 513 g/mol. The average molecular weight is 514 g/mol. The number of aryl methyl sites for hydroxylation is 1. The first-order chi connectivity index (χ1) is 18.3. The summed E-state index contributed by atoms with van der Waals surface area (Å²) in [6.07, 6.45) is 3.19. The van der Waals surface area contributed by atoms with Gasteiger partial charge >= 0.3 is 0 Å². The summed E-state index contributed by atoms with van der Waals surface area (Å²) in [6.45, 7) is 7.27. The molecule has 2 atom stereocenters. The smallest absolute Gasteiger partial charge is 0.255 e. The van der Waals surface area contributed by atoms with Gasteiger partial charge in [0.15, 0.2) is 0 Å². The molecular formula is C30H35N5O3. The van der Waals surface area contributed by atoms with E-state index in [0.717, 1.165) is 34.5 Å². The fraction of sp³-hybridized carbons (Fsp3) is 0.400. The highest BCUT2D eigenvalue weighted by atomic mass is 16.2. The molecule has 3 aromatic rings. The first kappa shape index (κ1) is 25.7. The van der Waals surface area contributed by atoms with Gasteiger partial charge in [-0.15, -0.1) is 0 Å². The van der Waals surface area contributed by atoms with Crippen LogP contribution in [0, 0.1) is 12.8 Å². The molecule has 3 heterocycles. The summed E-state index contributed by atoms with van der Waals surface area (Å²) < 4.78 is 1.99. The van der Waals surface area contributed by atoms with Gasteiger partial charge in [-0.3, -0.25) is 14.4 Å². The maximum Gasteiger partial charge on any atom is 0.255 e. The zero-order chi connectivity index (χ0) is 27.0. The molecule has 198 valence electrons. The van der Waals surface area contributed by atoms with Crippen LogP contribution in [0.4, 0.5) is 0 Å². The highest BCUT2D eigenvalue weighted by Gasteiger charge is 2.43. The van der Waals surface area contributed by atoms with Gasteiger partial charge in [0.2, 0.25) is 11.8 Å². The lowest BCUT2D eigenvalue weighted by atomic mass is 10.0. The summed E-state index contributed by atoms with van der Waals surface area (Å²) >= 11 is 0. The number of nitrogens with zero attached hydrogens (tertiary/aromatic N) is 4. The van der Waals surface area contributed by atoms with Gasteiger partial charge in [0.05, 0.1) is 12.0 Å². The Bertz CT molecular complexity index is 1360. The van der Waals surface area contributed by atoms with E-state index in [0.29, 0.717) is 31.6 Å². The number of nitrogens with one attached hydrogen (secondary N) is 1. The van der Waals surface area contributed by atoms with Crippen LogP contribution >= 0.6 is 0 Å². The van der Waals surface area contributed by atoms with E-state index in [1.807, 2.05) is 80.9 Å². The Balaban J connectivity index is 1.24. The number of rotatable bonds is 7. The third kappa shape index (κ3) is 4.71. The van der Waals surface area contributed by atoms with Crippen molar-refractivity contribution in [1.82, 2.24) is 24.7 Å². The molecule has 3 amide bonds. The fourth-order valence-electron chi connectivity index (χ4n) is 5.62. The van der Waals surface area contributed by atoms with Crippen LogP contribution in [-0.2, 0) is 29.7 Å². The topological polar surface area (TPSA) is 87.5 Å². The molecule has 2 aromatic carbocycles. The van der Waals surface area contributed by atoms with Crippen LogP contribution in [0.2, 0.25) is 0 Å². The van der Waals surface area contributed by atoms with Crippen molar-refractivity contribution in [3.8, 4) is 11.3 Å². The maximum absolute atomic E-state index is 13.8. The van der Waals surface area contributed by atoms with Gasteiger partial charge in [-0.2, -0.15) is 0 Å². The number of amides is 3. The summed E-state index contributed by atoms with van der Waals surface area (Å²) in [4.78, 5) is 48.0. The summed E-state index contributed by atoms with van der Waals surface area (Å²) in [6, 6.07) is 14.4. The number of hydrogen-bond acceptors (Lipinski definition) is 4. The van der Waals surface area contributed by atoms with Crippen molar-refractivity contribution in [3.63, 3.8) is 0 Å². The van der Waals surface area contributed by atoms with Crippen LogP contribution in [0.5, 0.6) is 0 Å². The van der Waals surface area contributed by atoms with E-state index in [-0.39, 0.29) is 23.6 Å². The van der Waals surface area contributed by atoms with E-state index in [1.54, 1.807) is 16.1 Å². The molecule has 0 aliphatic carbocycles. The van der Waals surface area contributed by atoms with Gasteiger partial charge in [0.25, 0.3) is 5.91 Å². The van der Waals surface area contributed by atoms with Crippen molar-refractivity contribution in [2.24, 2.45) is 13.0 Å². The Labute approximate surface area is 223 Å². The van der Waals surface area contributed by atoms with Crippen molar-refractivity contribution in [2.45, 2.75) is 58.8 Å². The van der Waals surface area contributed by atoms with Crippen molar-refractivity contribution in [3.05, 3.63) is 77.2 Å². The van der Waals surface area contributed by atoms with E-state index in [1.165, 1.54) is 0 Å². The number of fused-ring (bicyclic) bond motifs is 1. The van der Waals surface area contributed by atoms with Crippen LogP contribution in [-0.4, -0.2) is 55.7 Å². The zero-order valence-electron chi connectivity index (χ0n) is 22.5. The van der Waals surface area contributed by atoms with Gasteiger partial charge in [-0.05, 0) is 42.9 Å². The predicted octanol–water partition coefficient (Wildman–Crippen LogP) is 3.68. The van der Waals surface area contributed by atoms with Crippen molar-refractivity contribution in [2.75, 3.05) is 6.54 Å². The highest BCUT2D eigenvalue weighted by Crippen LogP contribution is 2.30. The maximum atomic E-state index is 13.8. The second-order valence-electron chi connectivity index (χ2n) is 10.7. The predicted molar refractivity (Wildman–Crippen MR) is 145 cm³/mol. The number of imidazole rings is 1. The second kappa shape index (κ2) is 10.4. The van der Waals surface area contributed by atoms with E-state index in [4.69, 9.17) is 0 Å². The van der Waals surface area contributed by atoms with E-state index in [2.05, 4.69) is 10.3 Å². The lowest BCUT2D eigenvalue weighted by molar-refractivity contribution is -0.143. The minimum Gasteiger partial charge on any atom is -0.350 e. The summed E-state index contributed by atoms with van der Waals surface area (Å²) in [5, 5.41) is 3.03. The van der Waals surface area contributed by atoms with Crippen molar-refractivity contribution in [1.29, 1.82) is 0 Å². The fourth-order valence-corrected chi connectivity index (χ4v) is 5.62. The number of carbonyl (C=O) groups excluding carboxylic acids is 3. The standard InChI is InChI=1S/C30H35N5O3/c1-19(2)27(35-17-23-8-5-6-9-24(23)29(35)37)30(38)34-15-7-10-25(34)28(36)31-16-21-11-13-22(14-12-21)26-20(3)33(4)18-32-26/h5-6,8-9,11-14,18-19,25,27H,7,10,15-17H2,1-4H3,(H,31,36)/t25-,27-/m0/s1. The van der Waals surface area contributed by atoms with Gasteiger partial charge < -0.3 is 19.7 Å². The Morgan fingerprint density at radius 1 is 1.11 bits per heavy atom. The third-order valence-corrected chi connectivity index (χ3v) is 7.83. The molecule has 2 aliphatic rings. The minimum absolute atomic E-state index is 0.0775. The molecule has 2 aliphatic heterocycles. The van der Waals surface area contributed by atoms with Crippen molar-refractivity contribution < 1.29 is 14.4 Å². The molecule has 0 bridgehead atoms. The molecule has 5 rings (SSSR count). The Morgan fingerprint density at radius 2 is 1.84 bits per heavy atom. The molecule has 8 heteroatoms. The van der Waals surface area contributed by atoms with Crippen LogP contribution in [0.15, 0.2) is 54.9 Å². The van der Waals surface area contributed by atoms with E-state index in [9.17, 15) is 14.4 Å². The normalized spacial score (nSPS) is 17.7. The lowest BCUT2D eigenvalue weighted by Gasteiger charge is -2.35. The van der Waals surface area contributed by atoms with Crippen molar-refractivity contribution >= 4 is 17.7 Å². The molecule has 38 heavy (non-hydrogen) atoms. The molecule has 8 nitrogen and oxygen atoms in total. The largest absolute Gasteiger partial charge is 0.350 e. The minimum atomic E-state index is -0.606.